The quantitative estimate of drug-likeness (QED) is 0.569. The van der Waals surface area contributed by atoms with E-state index < -0.39 is 7.12 Å². The maximum atomic E-state index is 8.85. The summed E-state index contributed by atoms with van der Waals surface area (Å²) in [5, 5.41) is 17.7. The molecule has 0 aliphatic carbocycles. The van der Waals surface area contributed by atoms with E-state index in [0.29, 0.717) is 5.46 Å². The molecule has 0 amide bonds. The number of hydrogen-bond donors (Lipinski definition) is 3. The van der Waals surface area contributed by atoms with Gasteiger partial charge >= 0.3 is 7.12 Å². The summed E-state index contributed by atoms with van der Waals surface area (Å²) >= 11 is 0. The van der Waals surface area contributed by atoms with Gasteiger partial charge in [-0.25, -0.2) is 0 Å². The minimum absolute atomic E-state index is 0.389. The predicted molar refractivity (Wildman–Crippen MR) is 53.8 cm³/mol. The standard InChI is InChI=1S/C9H9BN2O2/c13-10(14)7-3-4-9(12-6-7)8-2-1-5-11-8/h1-6,11,13-14H. The Hall–Kier alpha value is -1.59. The molecule has 0 saturated heterocycles. The summed E-state index contributed by atoms with van der Waals surface area (Å²) in [6, 6.07) is 7.15. The molecule has 2 aromatic rings. The highest BCUT2D eigenvalue weighted by molar-refractivity contribution is 6.58. The van der Waals surface area contributed by atoms with Crippen molar-refractivity contribution in [3.63, 3.8) is 0 Å². The SMILES string of the molecule is OB(O)c1ccc(-c2ccc[nH]2)nc1. The molecule has 0 aliphatic rings. The van der Waals surface area contributed by atoms with Gasteiger partial charge < -0.3 is 15.0 Å². The van der Waals surface area contributed by atoms with Crippen LogP contribution in [0, 0.1) is 0 Å². The second kappa shape index (κ2) is 3.65. The second-order valence-corrected chi connectivity index (χ2v) is 2.93. The van der Waals surface area contributed by atoms with Crippen molar-refractivity contribution in [2.45, 2.75) is 0 Å². The molecule has 0 atom stereocenters. The van der Waals surface area contributed by atoms with Crippen LogP contribution in [0.5, 0.6) is 0 Å². The summed E-state index contributed by atoms with van der Waals surface area (Å²) < 4.78 is 0. The summed E-state index contributed by atoms with van der Waals surface area (Å²) in [4.78, 5) is 7.11. The number of aromatic nitrogens is 2. The highest BCUT2D eigenvalue weighted by Crippen LogP contribution is 2.11. The van der Waals surface area contributed by atoms with Gasteiger partial charge in [-0.3, -0.25) is 4.98 Å². The minimum atomic E-state index is -1.46. The van der Waals surface area contributed by atoms with E-state index >= 15 is 0 Å². The van der Waals surface area contributed by atoms with Gasteiger partial charge in [-0.05, 0) is 18.2 Å². The van der Waals surface area contributed by atoms with E-state index in [-0.39, 0.29) is 0 Å². The third-order valence-electron chi connectivity index (χ3n) is 1.96. The van der Waals surface area contributed by atoms with Crippen LogP contribution in [0.15, 0.2) is 36.7 Å². The predicted octanol–water partition coefficient (Wildman–Crippen LogP) is -0.244. The third kappa shape index (κ3) is 1.68. The molecule has 14 heavy (non-hydrogen) atoms. The minimum Gasteiger partial charge on any atom is -0.423 e. The molecule has 5 heteroatoms. The molecule has 70 valence electrons. The van der Waals surface area contributed by atoms with E-state index in [0.717, 1.165) is 11.4 Å². The van der Waals surface area contributed by atoms with Crippen LogP contribution >= 0.6 is 0 Å². The summed E-state index contributed by atoms with van der Waals surface area (Å²) in [6.45, 7) is 0. The summed E-state index contributed by atoms with van der Waals surface area (Å²) in [7, 11) is -1.46. The lowest BCUT2D eigenvalue weighted by atomic mass is 9.81. The molecule has 0 radical (unpaired) electrons. The number of rotatable bonds is 2. The summed E-state index contributed by atoms with van der Waals surface area (Å²) in [6.07, 6.45) is 3.26. The van der Waals surface area contributed by atoms with Crippen LogP contribution in [0.1, 0.15) is 0 Å². The van der Waals surface area contributed by atoms with Crippen molar-refractivity contribution in [2.24, 2.45) is 0 Å². The fourth-order valence-corrected chi connectivity index (χ4v) is 1.21. The van der Waals surface area contributed by atoms with E-state index in [1.165, 1.54) is 6.20 Å². The molecule has 2 aromatic heterocycles. The van der Waals surface area contributed by atoms with E-state index in [2.05, 4.69) is 9.97 Å². The number of aromatic amines is 1. The summed E-state index contributed by atoms with van der Waals surface area (Å²) in [5.74, 6) is 0. The lowest BCUT2D eigenvalue weighted by Gasteiger charge is -2.00. The Balaban J connectivity index is 2.31. The van der Waals surface area contributed by atoms with Gasteiger partial charge in [-0.1, -0.05) is 6.07 Å². The molecule has 3 N–H and O–H groups in total. The van der Waals surface area contributed by atoms with Gasteiger partial charge in [0.1, 0.15) is 0 Å². The third-order valence-corrected chi connectivity index (χ3v) is 1.96. The average molecular weight is 188 g/mol. The van der Waals surface area contributed by atoms with Crippen molar-refractivity contribution < 1.29 is 10.0 Å². The van der Waals surface area contributed by atoms with Crippen LogP contribution in [-0.4, -0.2) is 27.1 Å². The highest BCUT2D eigenvalue weighted by Gasteiger charge is 2.10. The van der Waals surface area contributed by atoms with Gasteiger partial charge in [0, 0.05) is 17.9 Å². The first-order chi connectivity index (χ1) is 6.77. The molecule has 0 saturated carbocycles. The molecular formula is C9H9BN2O2. The van der Waals surface area contributed by atoms with Crippen LogP contribution in [0.4, 0.5) is 0 Å². The Bertz CT molecular complexity index is 397. The molecule has 0 unspecified atom stereocenters. The Morgan fingerprint density at radius 1 is 1.21 bits per heavy atom. The molecule has 2 heterocycles. The zero-order chi connectivity index (χ0) is 9.97. The zero-order valence-electron chi connectivity index (χ0n) is 7.38. The van der Waals surface area contributed by atoms with E-state index in [1.54, 1.807) is 12.1 Å². The zero-order valence-corrected chi connectivity index (χ0v) is 7.38. The average Bonchev–Trinajstić information content (AvgIpc) is 2.71. The van der Waals surface area contributed by atoms with E-state index in [4.69, 9.17) is 10.0 Å². The second-order valence-electron chi connectivity index (χ2n) is 2.93. The molecular weight excluding hydrogens is 179 g/mol. The first kappa shape index (κ1) is 8.99. The van der Waals surface area contributed by atoms with Gasteiger partial charge in [-0.2, -0.15) is 0 Å². The molecule has 0 spiro atoms. The van der Waals surface area contributed by atoms with Gasteiger partial charge in [0.2, 0.25) is 0 Å². The monoisotopic (exact) mass is 188 g/mol. The molecule has 0 aromatic carbocycles. The molecule has 0 aliphatic heterocycles. The highest BCUT2D eigenvalue weighted by atomic mass is 16.4. The number of pyridine rings is 1. The van der Waals surface area contributed by atoms with Crippen LogP contribution in [-0.2, 0) is 0 Å². The van der Waals surface area contributed by atoms with Crippen molar-refractivity contribution in [3.8, 4) is 11.4 Å². The fraction of sp³-hybridized carbons (Fsp3) is 0. The van der Waals surface area contributed by atoms with Crippen molar-refractivity contribution in [1.29, 1.82) is 0 Å². The number of H-pyrrole nitrogens is 1. The van der Waals surface area contributed by atoms with Crippen LogP contribution in [0.25, 0.3) is 11.4 Å². The Morgan fingerprint density at radius 2 is 2.07 bits per heavy atom. The van der Waals surface area contributed by atoms with Crippen molar-refractivity contribution in [2.75, 3.05) is 0 Å². The number of hydrogen-bond acceptors (Lipinski definition) is 3. The smallest absolute Gasteiger partial charge is 0.423 e. The van der Waals surface area contributed by atoms with Gasteiger partial charge in [0.15, 0.2) is 0 Å². The van der Waals surface area contributed by atoms with E-state index in [9.17, 15) is 0 Å². The lowest BCUT2D eigenvalue weighted by molar-refractivity contribution is 0.425. The van der Waals surface area contributed by atoms with Crippen molar-refractivity contribution in [3.05, 3.63) is 36.7 Å². The molecule has 0 bridgehead atoms. The topological polar surface area (TPSA) is 69.1 Å². The first-order valence-electron chi connectivity index (χ1n) is 4.23. The maximum Gasteiger partial charge on any atom is 0.490 e. The maximum absolute atomic E-state index is 8.85. The van der Waals surface area contributed by atoms with Crippen LogP contribution in [0.3, 0.4) is 0 Å². The van der Waals surface area contributed by atoms with Gasteiger partial charge in [-0.15, -0.1) is 0 Å². The Labute approximate surface area is 81.4 Å². The Kier molecular flexibility index (Phi) is 2.34. The molecule has 0 fully saturated rings. The van der Waals surface area contributed by atoms with Gasteiger partial charge in [0.05, 0.1) is 11.4 Å². The van der Waals surface area contributed by atoms with Crippen LogP contribution in [0.2, 0.25) is 0 Å². The molecule has 2 rings (SSSR count). The van der Waals surface area contributed by atoms with Gasteiger partial charge in [0.25, 0.3) is 0 Å². The normalized spacial score (nSPS) is 10.1. The van der Waals surface area contributed by atoms with Crippen molar-refractivity contribution in [1.82, 2.24) is 9.97 Å². The van der Waals surface area contributed by atoms with Crippen LogP contribution < -0.4 is 5.46 Å². The number of nitrogens with one attached hydrogen (secondary N) is 1. The summed E-state index contributed by atoms with van der Waals surface area (Å²) in [5.41, 5.74) is 2.07. The number of nitrogens with zero attached hydrogens (tertiary/aromatic N) is 1. The van der Waals surface area contributed by atoms with E-state index in [1.807, 2.05) is 18.3 Å². The fourth-order valence-electron chi connectivity index (χ4n) is 1.21. The van der Waals surface area contributed by atoms with Crippen molar-refractivity contribution >= 4 is 12.6 Å². The lowest BCUT2D eigenvalue weighted by Crippen LogP contribution is -2.29. The molecule has 4 nitrogen and oxygen atoms in total. The first-order valence-corrected chi connectivity index (χ1v) is 4.23. The largest absolute Gasteiger partial charge is 0.490 e. The Morgan fingerprint density at radius 3 is 2.57 bits per heavy atom.